The molecule has 0 heterocycles. The van der Waals surface area contributed by atoms with E-state index in [2.05, 4.69) is 10.6 Å². The molecule has 6 heteroatoms. The number of hydrogen-bond donors (Lipinski definition) is 3. The van der Waals surface area contributed by atoms with Crippen LogP contribution in [0.15, 0.2) is 24.3 Å². The standard InChI is InChI=1S/C16H24N2O4/c1-11(5-10-14(19)20)17-12-6-8-13(9-7-12)18-15(21)22-16(2,3)4/h6-9,11,17H,5,10H2,1-4H3,(H,18,21)(H,19,20). The Kier molecular flexibility index (Phi) is 6.22. The van der Waals surface area contributed by atoms with Gasteiger partial charge in [-0.25, -0.2) is 4.79 Å². The molecule has 1 aromatic carbocycles. The Morgan fingerprint density at radius 1 is 1.18 bits per heavy atom. The third-order valence-corrected chi connectivity index (χ3v) is 2.73. The predicted octanol–water partition coefficient (Wildman–Crippen LogP) is 3.70. The number of anilines is 2. The first-order chi connectivity index (χ1) is 10.2. The van der Waals surface area contributed by atoms with Gasteiger partial charge >= 0.3 is 12.1 Å². The Bertz CT molecular complexity index is 506. The largest absolute Gasteiger partial charge is 0.481 e. The predicted molar refractivity (Wildman–Crippen MR) is 86.3 cm³/mol. The molecule has 1 unspecified atom stereocenters. The van der Waals surface area contributed by atoms with Gasteiger partial charge in [-0.15, -0.1) is 0 Å². The van der Waals surface area contributed by atoms with Gasteiger partial charge in [0, 0.05) is 23.8 Å². The Morgan fingerprint density at radius 2 is 1.73 bits per heavy atom. The molecule has 0 saturated heterocycles. The van der Waals surface area contributed by atoms with E-state index in [4.69, 9.17) is 9.84 Å². The second-order valence-corrected chi connectivity index (χ2v) is 6.18. The zero-order chi connectivity index (χ0) is 16.8. The molecule has 0 aliphatic carbocycles. The lowest BCUT2D eigenvalue weighted by Gasteiger charge is -2.20. The topological polar surface area (TPSA) is 87.7 Å². The van der Waals surface area contributed by atoms with Crippen LogP contribution in [-0.4, -0.2) is 28.8 Å². The summed E-state index contributed by atoms with van der Waals surface area (Å²) >= 11 is 0. The van der Waals surface area contributed by atoms with Crippen LogP contribution in [0.3, 0.4) is 0 Å². The number of aliphatic carboxylic acids is 1. The van der Waals surface area contributed by atoms with Gasteiger partial charge in [0.2, 0.25) is 0 Å². The Hall–Kier alpha value is -2.24. The summed E-state index contributed by atoms with van der Waals surface area (Å²) in [6.45, 7) is 7.34. The van der Waals surface area contributed by atoms with Gasteiger partial charge in [0.15, 0.2) is 0 Å². The number of amides is 1. The summed E-state index contributed by atoms with van der Waals surface area (Å²) in [6.07, 6.45) is 0.183. The molecular formula is C16H24N2O4. The number of ether oxygens (including phenoxy) is 1. The van der Waals surface area contributed by atoms with Crippen LogP contribution in [0.25, 0.3) is 0 Å². The monoisotopic (exact) mass is 308 g/mol. The third kappa shape index (κ3) is 7.52. The van der Waals surface area contributed by atoms with Gasteiger partial charge in [-0.1, -0.05) is 0 Å². The molecule has 0 aromatic heterocycles. The van der Waals surface area contributed by atoms with Crippen LogP contribution in [0.4, 0.5) is 16.2 Å². The number of nitrogens with one attached hydrogen (secondary N) is 2. The highest BCUT2D eigenvalue weighted by atomic mass is 16.6. The maximum Gasteiger partial charge on any atom is 0.412 e. The molecule has 22 heavy (non-hydrogen) atoms. The molecule has 1 amide bonds. The van der Waals surface area contributed by atoms with E-state index in [-0.39, 0.29) is 12.5 Å². The summed E-state index contributed by atoms with van der Waals surface area (Å²) in [5, 5.41) is 14.5. The van der Waals surface area contributed by atoms with Gasteiger partial charge in [-0.3, -0.25) is 10.1 Å². The fraction of sp³-hybridized carbons (Fsp3) is 0.500. The highest BCUT2D eigenvalue weighted by molar-refractivity contribution is 5.85. The van der Waals surface area contributed by atoms with Crippen molar-refractivity contribution >= 4 is 23.4 Å². The SMILES string of the molecule is CC(CCC(=O)O)Nc1ccc(NC(=O)OC(C)(C)C)cc1. The van der Waals surface area contributed by atoms with E-state index in [1.807, 2.05) is 19.1 Å². The lowest BCUT2D eigenvalue weighted by molar-refractivity contribution is -0.137. The zero-order valence-corrected chi connectivity index (χ0v) is 13.5. The van der Waals surface area contributed by atoms with Crippen molar-refractivity contribution in [2.75, 3.05) is 10.6 Å². The van der Waals surface area contributed by atoms with E-state index in [1.54, 1.807) is 32.9 Å². The molecule has 3 N–H and O–H groups in total. The van der Waals surface area contributed by atoms with Gasteiger partial charge < -0.3 is 15.2 Å². The fourth-order valence-electron chi connectivity index (χ4n) is 1.77. The van der Waals surface area contributed by atoms with Gasteiger partial charge in [-0.05, 0) is 58.4 Å². The zero-order valence-electron chi connectivity index (χ0n) is 13.5. The maximum atomic E-state index is 11.6. The van der Waals surface area contributed by atoms with Crippen molar-refractivity contribution in [3.05, 3.63) is 24.3 Å². The van der Waals surface area contributed by atoms with Crippen molar-refractivity contribution in [2.45, 2.75) is 52.2 Å². The number of rotatable bonds is 6. The van der Waals surface area contributed by atoms with Crippen molar-refractivity contribution < 1.29 is 19.4 Å². The molecule has 0 aliphatic heterocycles. The van der Waals surface area contributed by atoms with Crippen LogP contribution in [0.2, 0.25) is 0 Å². The Balaban J connectivity index is 2.49. The summed E-state index contributed by atoms with van der Waals surface area (Å²) in [4.78, 5) is 22.2. The average molecular weight is 308 g/mol. The third-order valence-electron chi connectivity index (χ3n) is 2.73. The normalized spacial score (nSPS) is 12.4. The summed E-state index contributed by atoms with van der Waals surface area (Å²) in [7, 11) is 0. The van der Waals surface area contributed by atoms with Gasteiger partial charge in [0.1, 0.15) is 5.60 Å². The number of carboxylic acid groups (broad SMARTS) is 1. The molecule has 0 fully saturated rings. The number of benzene rings is 1. The maximum absolute atomic E-state index is 11.6. The molecule has 122 valence electrons. The molecule has 0 saturated carbocycles. The second kappa shape index (κ2) is 7.68. The molecule has 0 spiro atoms. The van der Waals surface area contributed by atoms with Crippen LogP contribution >= 0.6 is 0 Å². The van der Waals surface area contributed by atoms with E-state index in [1.165, 1.54) is 0 Å². The van der Waals surface area contributed by atoms with E-state index in [0.29, 0.717) is 12.1 Å². The fourth-order valence-corrected chi connectivity index (χ4v) is 1.77. The van der Waals surface area contributed by atoms with Crippen LogP contribution in [-0.2, 0) is 9.53 Å². The number of carbonyl (C=O) groups is 2. The van der Waals surface area contributed by atoms with Crippen molar-refractivity contribution in [1.29, 1.82) is 0 Å². The summed E-state index contributed by atoms with van der Waals surface area (Å²) < 4.78 is 5.17. The van der Waals surface area contributed by atoms with E-state index >= 15 is 0 Å². The smallest absolute Gasteiger partial charge is 0.412 e. The first-order valence-corrected chi connectivity index (χ1v) is 7.24. The molecular weight excluding hydrogens is 284 g/mol. The van der Waals surface area contributed by atoms with E-state index < -0.39 is 17.7 Å². The molecule has 0 radical (unpaired) electrons. The minimum absolute atomic E-state index is 0.0563. The number of carbonyl (C=O) groups excluding carboxylic acids is 1. The Labute approximate surface area is 130 Å². The highest BCUT2D eigenvalue weighted by Crippen LogP contribution is 2.17. The van der Waals surface area contributed by atoms with Crippen LogP contribution < -0.4 is 10.6 Å². The van der Waals surface area contributed by atoms with Crippen molar-refractivity contribution in [1.82, 2.24) is 0 Å². The summed E-state index contributed by atoms with van der Waals surface area (Å²) in [5.74, 6) is -0.800. The molecule has 0 bridgehead atoms. The molecule has 6 nitrogen and oxygen atoms in total. The first-order valence-electron chi connectivity index (χ1n) is 7.24. The summed E-state index contributed by atoms with van der Waals surface area (Å²) in [6, 6.07) is 7.22. The second-order valence-electron chi connectivity index (χ2n) is 6.18. The van der Waals surface area contributed by atoms with E-state index in [9.17, 15) is 9.59 Å². The van der Waals surface area contributed by atoms with Gasteiger partial charge in [0.05, 0.1) is 0 Å². The minimum atomic E-state index is -0.800. The quantitative estimate of drug-likeness (QED) is 0.746. The molecule has 0 aliphatic rings. The number of carboxylic acids is 1. The van der Waals surface area contributed by atoms with Gasteiger partial charge in [0.25, 0.3) is 0 Å². The van der Waals surface area contributed by atoms with Crippen LogP contribution in [0, 0.1) is 0 Å². The van der Waals surface area contributed by atoms with Crippen molar-refractivity contribution in [3.63, 3.8) is 0 Å². The van der Waals surface area contributed by atoms with Crippen LogP contribution in [0.5, 0.6) is 0 Å². The van der Waals surface area contributed by atoms with Gasteiger partial charge in [-0.2, -0.15) is 0 Å². The Morgan fingerprint density at radius 3 is 2.23 bits per heavy atom. The van der Waals surface area contributed by atoms with Crippen molar-refractivity contribution in [2.24, 2.45) is 0 Å². The molecule has 1 rings (SSSR count). The first kappa shape index (κ1) is 17.8. The molecule has 1 atom stereocenters. The number of hydrogen-bond acceptors (Lipinski definition) is 4. The minimum Gasteiger partial charge on any atom is -0.481 e. The molecule has 1 aromatic rings. The lowest BCUT2D eigenvalue weighted by Crippen LogP contribution is -2.27. The van der Waals surface area contributed by atoms with E-state index in [0.717, 1.165) is 5.69 Å². The van der Waals surface area contributed by atoms with Crippen molar-refractivity contribution in [3.8, 4) is 0 Å². The summed E-state index contributed by atoms with van der Waals surface area (Å²) in [5.41, 5.74) is 0.969. The lowest BCUT2D eigenvalue weighted by atomic mass is 10.1. The highest BCUT2D eigenvalue weighted by Gasteiger charge is 2.16. The average Bonchev–Trinajstić information content (AvgIpc) is 2.36. The van der Waals surface area contributed by atoms with Crippen LogP contribution in [0.1, 0.15) is 40.5 Å².